The zero-order valence-electron chi connectivity index (χ0n) is 14.4. The molecule has 0 saturated carbocycles. The highest BCUT2D eigenvalue weighted by Gasteiger charge is 2.33. The van der Waals surface area contributed by atoms with E-state index in [-0.39, 0.29) is 30.1 Å². The second-order valence-corrected chi connectivity index (χ2v) is 6.93. The van der Waals surface area contributed by atoms with Crippen molar-refractivity contribution >= 4 is 0 Å². The third-order valence-corrected chi connectivity index (χ3v) is 4.66. The van der Waals surface area contributed by atoms with Gasteiger partial charge in [0.2, 0.25) is 0 Å². The van der Waals surface area contributed by atoms with Gasteiger partial charge in [-0.1, -0.05) is 0 Å². The van der Waals surface area contributed by atoms with Gasteiger partial charge >= 0.3 is 0 Å². The molecule has 5 nitrogen and oxygen atoms in total. The predicted octanol–water partition coefficient (Wildman–Crippen LogP) is 1.52. The van der Waals surface area contributed by atoms with Crippen LogP contribution in [0, 0.1) is 0 Å². The highest BCUT2D eigenvalue weighted by Crippen LogP contribution is 2.27. The number of ether oxygens (including phenoxy) is 1. The molecule has 0 spiro atoms. The van der Waals surface area contributed by atoms with Crippen LogP contribution in [0.3, 0.4) is 0 Å². The Balaban J connectivity index is 1.84. The van der Waals surface area contributed by atoms with Crippen LogP contribution in [0.5, 0.6) is 0 Å². The van der Waals surface area contributed by atoms with E-state index in [1.54, 1.807) is 6.08 Å². The fraction of sp³-hybridized carbons (Fsp3) is 0.882. The summed E-state index contributed by atoms with van der Waals surface area (Å²) in [5, 5.41) is 13.1. The smallest absolute Gasteiger partial charge is 0.115 e. The largest absolute Gasteiger partial charge is 0.379 e. The molecule has 0 aromatic carbocycles. The minimum atomic E-state index is -0.587. The van der Waals surface area contributed by atoms with Crippen LogP contribution in [0.25, 0.3) is 0 Å². The van der Waals surface area contributed by atoms with Gasteiger partial charge in [0.05, 0.1) is 18.2 Å². The fourth-order valence-electron chi connectivity index (χ4n) is 3.63. The van der Waals surface area contributed by atoms with Gasteiger partial charge in [-0.25, -0.2) is 4.39 Å². The summed E-state index contributed by atoms with van der Waals surface area (Å²) >= 11 is 0. The molecule has 0 bridgehead atoms. The molecule has 0 aromatic heterocycles. The van der Waals surface area contributed by atoms with Crippen molar-refractivity contribution in [3.05, 3.63) is 11.9 Å². The first-order valence-corrected chi connectivity index (χ1v) is 8.90. The number of unbranched alkanes of at least 4 members (excludes halogenated alkanes) is 1. The Bertz CT molecular complexity index is 384. The van der Waals surface area contributed by atoms with Crippen LogP contribution in [-0.4, -0.2) is 60.2 Å². The van der Waals surface area contributed by atoms with E-state index in [1.807, 2.05) is 13.8 Å². The van der Waals surface area contributed by atoms with Gasteiger partial charge in [0.15, 0.2) is 0 Å². The van der Waals surface area contributed by atoms with E-state index < -0.39 is 6.23 Å². The summed E-state index contributed by atoms with van der Waals surface area (Å²) in [5.74, 6) is -0.0794. The summed E-state index contributed by atoms with van der Waals surface area (Å²) in [5.41, 5.74) is 5.45. The van der Waals surface area contributed by atoms with Crippen LogP contribution in [0.4, 0.5) is 4.39 Å². The second-order valence-electron chi connectivity index (χ2n) is 6.93. The van der Waals surface area contributed by atoms with Crippen molar-refractivity contribution in [2.24, 2.45) is 5.73 Å². The Morgan fingerprint density at radius 3 is 2.65 bits per heavy atom. The van der Waals surface area contributed by atoms with Crippen LogP contribution < -0.4 is 11.1 Å². The molecule has 0 aromatic rings. The Hall–Kier alpha value is -0.530. The van der Waals surface area contributed by atoms with Crippen molar-refractivity contribution in [2.75, 3.05) is 19.6 Å². The monoisotopic (exact) mass is 329 g/mol. The maximum atomic E-state index is 14.5. The Kier molecular flexibility index (Phi) is 7.43. The molecule has 1 fully saturated rings. The number of morpholine rings is 1. The summed E-state index contributed by atoms with van der Waals surface area (Å²) in [6.07, 6.45) is 5.41. The van der Waals surface area contributed by atoms with Crippen molar-refractivity contribution < 1.29 is 14.2 Å². The highest BCUT2D eigenvalue weighted by atomic mass is 19.1. The first-order chi connectivity index (χ1) is 11.0. The van der Waals surface area contributed by atoms with Crippen molar-refractivity contribution in [1.29, 1.82) is 0 Å². The first kappa shape index (κ1) is 18.8. The third-order valence-electron chi connectivity index (χ3n) is 4.66. The first-order valence-electron chi connectivity index (χ1n) is 8.90. The summed E-state index contributed by atoms with van der Waals surface area (Å²) in [6, 6.07) is -0.230. The van der Waals surface area contributed by atoms with E-state index in [2.05, 4.69) is 10.2 Å². The summed E-state index contributed by atoms with van der Waals surface area (Å²) in [6.45, 7) is 6.26. The maximum absolute atomic E-state index is 14.5. The standard InChI is InChI=1S/C17H32FN3O2/c1-12-10-21(11-13(2)23-12)16-7-6-14(9-15(16)18)20-17(22)5-3-4-8-19/h9,12-14,16-17,20,22H,3-8,10-11,19H2,1-2H3/t12-,13+,14?,16?,17?. The molecule has 134 valence electrons. The molecule has 0 radical (unpaired) electrons. The van der Waals surface area contributed by atoms with E-state index in [0.717, 1.165) is 38.8 Å². The van der Waals surface area contributed by atoms with Crippen LogP contribution in [0.1, 0.15) is 46.0 Å². The molecule has 1 heterocycles. The minimum Gasteiger partial charge on any atom is -0.379 e. The predicted molar refractivity (Wildman–Crippen MR) is 89.6 cm³/mol. The number of halogens is 1. The van der Waals surface area contributed by atoms with Gasteiger partial charge < -0.3 is 15.6 Å². The fourth-order valence-corrected chi connectivity index (χ4v) is 3.63. The maximum Gasteiger partial charge on any atom is 0.115 e. The summed E-state index contributed by atoms with van der Waals surface area (Å²) in [7, 11) is 0. The number of aliphatic hydroxyl groups excluding tert-OH is 1. The molecule has 6 heteroatoms. The number of nitrogens with one attached hydrogen (secondary N) is 1. The van der Waals surface area contributed by atoms with Gasteiger partial charge in [-0.15, -0.1) is 0 Å². The quantitative estimate of drug-likeness (QED) is 0.488. The molecular formula is C17H32FN3O2. The number of aliphatic hydroxyl groups is 1. The Morgan fingerprint density at radius 2 is 2.04 bits per heavy atom. The van der Waals surface area contributed by atoms with Gasteiger partial charge in [-0.2, -0.15) is 0 Å². The normalized spacial score (nSPS) is 34.2. The highest BCUT2D eigenvalue weighted by molar-refractivity contribution is 5.12. The molecular weight excluding hydrogens is 297 g/mol. The van der Waals surface area contributed by atoms with Crippen molar-refractivity contribution in [3.8, 4) is 0 Å². The molecule has 4 N–H and O–H groups in total. The van der Waals surface area contributed by atoms with Crippen LogP contribution in [-0.2, 0) is 4.74 Å². The number of nitrogens with zero attached hydrogens (tertiary/aromatic N) is 1. The van der Waals surface area contributed by atoms with Crippen LogP contribution in [0.15, 0.2) is 11.9 Å². The number of nitrogens with two attached hydrogens (primary N) is 1. The molecule has 2 aliphatic rings. The lowest BCUT2D eigenvalue weighted by atomic mass is 9.95. The van der Waals surface area contributed by atoms with Gasteiger partial charge in [0.25, 0.3) is 0 Å². The van der Waals surface area contributed by atoms with Gasteiger partial charge in [0, 0.05) is 19.1 Å². The molecule has 1 aliphatic carbocycles. The lowest BCUT2D eigenvalue weighted by Gasteiger charge is -2.41. The third kappa shape index (κ3) is 5.80. The zero-order valence-corrected chi connectivity index (χ0v) is 14.4. The molecule has 1 aliphatic heterocycles. The number of rotatable bonds is 7. The lowest BCUT2D eigenvalue weighted by molar-refractivity contribution is -0.0800. The van der Waals surface area contributed by atoms with E-state index in [9.17, 15) is 9.50 Å². The molecule has 3 unspecified atom stereocenters. The van der Waals surface area contributed by atoms with E-state index in [0.29, 0.717) is 13.0 Å². The molecule has 2 rings (SSSR count). The zero-order chi connectivity index (χ0) is 16.8. The van der Waals surface area contributed by atoms with E-state index >= 15 is 0 Å². The Morgan fingerprint density at radius 1 is 1.35 bits per heavy atom. The van der Waals surface area contributed by atoms with Gasteiger partial charge in [0.1, 0.15) is 12.1 Å². The summed E-state index contributed by atoms with van der Waals surface area (Å²) < 4.78 is 20.3. The Labute approximate surface area is 139 Å². The van der Waals surface area contributed by atoms with Gasteiger partial charge in [-0.3, -0.25) is 10.2 Å². The SMILES string of the molecule is C[C@@H]1CN(C2CCC(NC(O)CCCCN)C=C2F)C[C@H](C)O1. The lowest BCUT2D eigenvalue weighted by Crippen LogP contribution is -2.52. The topological polar surface area (TPSA) is 70.8 Å². The van der Waals surface area contributed by atoms with Crippen molar-refractivity contribution in [2.45, 2.75) is 76.5 Å². The average Bonchev–Trinajstić information content (AvgIpc) is 2.46. The number of hydrogen-bond donors (Lipinski definition) is 3. The molecule has 1 saturated heterocycles. The van der Waals surface area contributed by atoms with Crippen molar-refractivity contribution in [3.63, 3.8) is 0 Å². The van der Waals surface area contributed by atoms with Crippen LogP contribution in [0.2, 0.25) is 0 Å². The van der Waals surface area contributed by atoms with Crippen molar-refractivity contribution in [1.82, 2.24) is 10.2 Å². The van der Waals surface area contributed by atoms with E-state index in [1.165, 1.54) is 0 Å². The van der Waals surface area contributed by atoms with Gasteiger partial charge in [-0.05, 0) is 58.6 Å². The minimum absolute atomic E-state index is 0.0794. The summed E-state index contributed by atoms with van der Waals surface area (Å²) in [4.78, 5) is 2.19. The second kappa shape index (κ2) is 9.08. The molecule has 23 heavy (non-hydrogen) atoms. The van der Waals surface area contributed by atoms with E-state index in [4.69, 9.17) is 10.5 Å². The number of hydrogen-bond acceptors (Lipinski definition) is 5. The average molecular weight is 329 g/mol. The molecule has 0 amide bonds. The molecule has 5 atom stereocenters. The van der Waals surface area contributed by atoms with Crippen LogP contribution >= 0.6 is 0 Å².